The molecule has 0 bridgehead atoms. The number of hydrogen-bond acceptors (Lipinski definition) is 3. The minimum Gasteiger partial charge on any atom is -0.341 e. The van der Waals surface area contributed by atoms with Crippen molar-refractivity contribution in [3.8, 4) is 0 Å². The first kappa shape index (κ1) is 22.7. The highest BCUT2D eigenvalue weighted by Gasteiger charge is 2.35. The zero-order chi connectivity index (χ0) is 25.1. The van der Waals surface area contributed by atoms with Gasteiger partial charge in [-0.3, -0.25) is 4.79 Å². The molecule has 0 atom stereocenters. The molecule has 0 spiro atoms. The topological polar surface area (TPSA) is 23.6 Å². The molecule has 3 nitrogen and oxygen atoms in total. The quantitative estimate of drug-likeness (QED) is 0.277. The maximum Gasteiger partial charge on any atom is 0.195 e. The highest BCUT2D eigenvalue weighted by Crippen LogP contribution is 2.63. The number of anilines is 4. The predicted molar refractivity (Wildman–Crippen MR) is 156 cm³/mol. The first-order valence-corrected chi connectivity index (χ1v) is 15.7. The smallest absolute Gasteiger partial charge is 0.195 e. The fraction of sp³-hybridized carbons (Fsp3) is 0.242. The summed E-state index contributed by atoms with van der Waals surface area (Å²) in [5.41, 5.74) is 9.56. The van der Waals surface area contributed by atoms with Gasteiger partial charge in [0.1, 0.15) is 0 Å². The van der Waals surface area contributed by atoms with E-state index in [0.29, 0.717) is 0 Å². The molecule has 37 heavy (non-hydrogen) atoms. The number of hydrogen-bond donors (Lipinski definition) is 0. The second-order valence-corrected chi connectivity index (χ2v) is 14.3. The highest BCUT2D eigenvalue weighted by atomic mass is 32.3. The van der Waals surface area contributed by atoms with E-state index in [4.69, 9.17) is 0 Å². The van der Waals surface area contributed by atoms with Gasteiger partial charge in [-0.25, -0.2) is 0 Å². The van der Waals surface area contributed by atoms with E-state index >= 15 is 0 Å². The average molecular weight is 505 g/mol. The zero-order valence-electron chi connectivity index (χ0n) is 21.5. The van der Waals surface area contributed by atoms with E-state index in [-0.39, 0.29) is 5.78 Å². The number of aryl methyl sites for hydroxylation is 2. The van der Waals surface area contributed by atoms with Crippen molar-refractivity contribution in [3.63, 3.8) is 0 Å². The van der Waals surface area contributed by atoms with E-state index in [2.05, 4.69) is 107 Å². The number of fused-ring (bicyclic) bond motifs is 4. The van der Waals surface area contributed by atoms with Crippen LogP contribution in [0.1, 0.15) is 39.9 Å². The van der Waals surface area contributed by atoms with Crippen molar-refractivity contribution >= 4 is 38.6 Å². The van der Waals surface area contributed by atoms with E-state index in [1.54, 1.807) is 0 Å². The van der Waals surface area contributed by atoms with Crippen LogP contribution >= 0.6 is 10.0 Å². The van der Waals surface area contributed by atoms with Gasteiger partial charge in [0.05, 0.1) is 0 Å². The molecule has 0 saturated carbocycles. The van der Waals surface area contributed by atoms with Crippen LogP contribution < -0.4 is 9.80 Å². The van der Waals surface area contributed by atoms with Crippen molar-refractivity contribution in [3.05, 3.63) is 107 Å². The molecule has 3 aliphatic heterocycles. The molecule has 0 saturated heterocycles. The summed E-state index contributed by atoms with van der Waals surface area (Å²) >= 11 is 0. The van der Waals surface area contributed by atoms with Gasteiger partial charge in [-0.2, -0.15) is 10.0 Å². The van der Waals surface area contributed by atoms with Crippen LogP contribution in [-0.4, -0.2) is 31.4 Å². The number of ketones is 1. The molecular formula is C33H32N2OS. The maximum atomic E-state index is 13.8. The zero-order valence-corrected chi connectivity index (χ0v) is 22.4. The van der Waals surface area contributed by atoms with Gasteiger partial charge in [0.25, 0.3) is 0 Å². The van der Waals surface area contributed by atoms with Gasteiger partial charge in [0, 0.05) is 56.8 Å². The highest BCUT2D eigenvalue weighted by molar-refractivity contribution is 8.32. The standard InChI is InChI=1S/C33H32N2OS/c1-37(2)31-21-25(34-19-7-11-23-9-3-5-13-29(23)34)15-17-27(31)33(36)28-18-16-26(22-32(28)37)35-20-8-12-24-10-4-6-14-30(24)35/h3-6,9-10,13-18,21-22H,7-8,11-12,19-20H2,1-2H3. The second-order valence-electron chi connectivity index (χ2n) is 10.8. The number of carbonyl (C=O) groups is 1. The van der Waals surface area contributed by atoms with Crippen molar-refractivity contribution in [1.82, 2.24) is 0 Å². The molecule has 4 heteroatoms. The van der Waals surface area contributed by atoms with Crippen LogP contribution in [0.4, 0.5) is 22.7 Å². The summed E-state index contributed by atoms with van der Waals surface area (Å²) in [7, 11) is -1.39. The van der Waals surface area contributed by atoms with Crippen LogP contribution in [0.5, 0.6) is 0 Å². The monoisotopic (exact) mass is 504 g/mol. The lowest BCUT2D eigenvalue weighted by molar-refractivity contribution is 0.103. The number of carbonyl (C=O) groups excluding carboxylic acids is 1. The van der Waals surface area contributed by atoms with Crippen molar-refractivity contribution in [1.29, 1.82) is 0 Å². The van der Waals surface area contributed by atoms with E-state index in [1.165, 1.54) is 43.7 Å². The molecule has 3 heterocycles. The van der Waals surface area contributed by atoms with Crippen LogP contribution in [0.2, 0.25) is 0 Å². The van der Waals surface area contributed by atoms with Crippen LogP contribution in [0.25, 0.3) is 0 Å². The lowest BCUT2D eigenvalue weighted by Crippen LogP contribution is -2.26. The number of rotatable bonds is 2. The Morgan fingerprint density at radius 2 is 1.08 bits per heavy atom. The lowest BCUT2D eigenvalue weighted by atomic mass is 9.98. The lowest BCUT2D eigenvalue weighted by Gasteiger charge is -2.41. The first-order valence-electron chi connectivity index (χ1n) is 13.3. The summed E-state index contributed by atoms with van der Waals surface area (Å²) in [4.78, 5) is 21.1. The van der Waals surface area contributed by atoms with Crippen LogP contribution in [0, 0.1) is 0 Å². The Balaban J connectivity index is 1.32. The number of benzene rings is 4. The summed E-state index contributed by atoms with van der Waals surface area (Å²) < 4.78 is 0. The Morgan fingerprint density at radius 1 is 0.622 bits per heavy atom. The molecule has 0 radical (unpaired) electrons. The van der Waals surface area contributed by atoms with Gasteiger partial charge in [-0.05, 0) is 97.9 Å². The van der Waals surface area contributed by atoms with E-state index in [0.717, 1.165) is 49.9 Å². The SMILES string of the molecule is CS1(C)c2cc(N3CCCc4ccccc43)ccc2C(=O)c2ccc(N3CCCc4ccccc43)cc21. The van der Waals surface area contributed by atoms with Crippen LogP contribution in [0.15, 0.2) is 94.7 Å². The Labute approximate surface area is 221 Å². The van der Waals surface area contributed by atoms with E-state index in [1.807, 2.05) is 0 Å². The van der Waals surface area contributed by atoms with Crippen molar-refractivity contribution in [2.24, 2.45) is 0 Å². The summed E-state index contributed by atoms with van der Waals surface area (Å²) in [6, 6.07) is 30.6. The Hall–Kier alpha value is -3.50. The van der Waals surface area contributed by atoms with Crippen molar-refractivity contribution in [2.45, 2.75) is 35.5 Å². The number of para-hydroxylation sites is 2. The third kappa shape index (κ3) is 3.53. The average Bonchev–Trinajstić information content (AvgIpc) is 2.95. The van der Waals surface area contributed by atoms with E-state index in [9.17, 15) is 4.79 Å². The molecule has 4 aromatic rings. The molecule has 186 valence electrons. The van der Waals surface area contributed by atoms with Gasteiger partial charge in [-0.15, -0.1) is 0 Å². The Bertz CT molecular complexity index is 1440. The maximum absolute atomic E-state index is 13.8. The van der Waals surface area contributed by atoms with Crippen LogP contribution in [0.3, 0.4) is 0 Å². The van der Waals surface area contributed by atoms with Gasteiger partial charge < -0.3 is 9.80 Å². The largest absolute Gasteiger partial charge is 0.341 e. The third-order valence-corrected chi connectivity index (χ3v) is 11.2. The van der Waals surface area contributed by atoms with Gasteiger partial charge in [-0.1, -0.05) is 36.4 Å². The predicted octanol–water partition coefficient (Wildman–Crippen LogP) is 7.88. The third-order valence-electron chi connectivity index (χ3n) is 8.36. The molecule has 4 aromatic carbocycles. The minimum absolute atomic E-state index is 0.160. The summed E-state index contributed by atoms with van der Waals surface area (Å²) in [6.07, 6.45) is 9.27. The van der Waals surface area contributed by atoms with Crippen LogP contribution in [-0.2, 0) is 12.8 Å². The number of nitrogens with zero attached hydrogens (tertiary/aromatic N) is 2. The van der Waals surface area contributed by atoms with E-state index < -0.39 is 10.0 Å². The summed E-state index contributed by atoms with van der Waals surface area (Å²) in [6.45, 7) is 2.02. The molecule has 0 amide bonds. The molecule has 7 rings (SSSR count). The normalized spacial score (nSPS) is 18.4. The van der Waals surface area contributed by atoms with Crippen molar-refractivity contribution in [2.75, 3.05) is 35.4 Å². The Kier molecular flexibility index (Phi) is 5.23. The molecule has 0 unspecified atom stereocenters. The molecule has 0 N–H and O–H groups in total. The fourth-order valence-corrected chi connectivity index (χ4v) is 8.93. The second kappa shape index (κ2) is 8.53. The minimum atomic E-state index is -1.39. The van der Waals surface area contributed by atoms with Gasteiger partial charge >= 0.3 is 0 Å². The molecular weight excluding hydrogens is 472 g/mol. The molecule has 3 aliphatic rings. The molecule has 0 aromatic heterocycles. The van der Waals surface area contributed by atoms with Crippen molar-refractivity contribution < 1.29 is 4.79 Å². The first-order chi connectivity index (χ1) is 18.0. The molecule has 0 fully saturated rings. The van der Waals surface area contributed by atoms with Gasteiger partial charge in [0.15, 0.2) is 5.78 Å². The molecule has 0 aliphatic carbocycles. The van der Waals surface area contributed by atoms with Gasteiger partial charge in [0.2, 0.25) is 0 Å². The summed E-state index contributed by atoms with van der Waals surface area (Å²) in [5.74, 6) is 0.160. The Morgan fingerprint density at radius 3 is 1.57 bits per heavy atom. The fourth-order valence-electron chi connectivity index (χ4n) is 6.44. The summed E-state index contributed by atoms with van der Waals surface area (Å²) in [5, 5.41) is 0.